The van der Waals surface area contributed by atoms with E-state index in [-0.39, 0.29) is 11.9 Å². The second-order valence-corrected chi connectivity index (χ2v) is 4.96. The van der Waals surface area contributed by atoms with Crippen molar-refractivity contribution in [2.45, 2.75) is 45.1 Å². The lowest BCUT2D eigenvalue weighted by atomic mass is 9.86. The van der Waals surface area contributed by atoms with Gasteiger partial charge in [0.25, 0.3) is 0 Å². The summed E-state index contributed by atoms with van der Waals surface area (Å²) in [4.78, 5) is 11.7. The second-order valence-electron chi connectivity index (χ2n) is 4.96. The van der Waals surface area contributed by atoms with E-state index in [4.69, 9.17) is 9.47 Å². The molecule has 0 amide bonds. The van der Waals surface area contributed by atoms with E-state index in [0.717, 1.165) is 45.3 Å². The summed E-state index contributed by atoms with van der Waals surface area (Å²) in [6, 6.07) is 0.422. The molecule has 1 rings (SSSR count). The van der Waals surface area contributed by atoms with Crippen molar-refractivity contribution >= 4 is 5.97 Å². The van der Waals surface area contributed by atoms with Crippen molar-refractivity contribution in [3.05, 3.63) is 12.7 Å². The number of hydrogen-bond acceptors (Lipinski definition) is 4. The molecule has 0 aliphatic heterocycles. The van der Waals surface area contributed by atoms with Crippen molar-refractivity contribution in [1.82, 2.24) is 5.32 Å². The third kappa shape index (κ3) is 6.73. The van der Waals surface area contributed by atoms with Crippen LogP contribution in [0, 0.1) is 5.92 Å². The van der Waals surface area contributed by atoms with Gasteiger partial charge in [-0.3, -0.25) is 4.79 Å². The SMILES string of the molecule is C=CCCOCCNC1CCCC(C(=O)OCC)C1. The molecular formula is C15H27NO3. The lowest BCUT2D eigenvalue weighted by molar-refractivity contribution is -0.149. The Bertz CT molecular complexity index is 268. The van der Waals surface area contributed by atoms with Gasteiger partial charge in [-0.1, -0.05) is 12.5 Å². The topological polar surface area (TPSA) is 47.6 Å². The highest BCUT2D eigenvalue weighted by molar-refractivity contribution is 5.72. The Morgan fingerprint density at radius 3 is 3.00 bits per heavy atom. The number of carbonyl (C=O) groups is 1. The van der Waals surface area contributed by atoms with Crippen LogP contribution < -0.4 is 5.32 Å². The van der Waals surface area contributed by atoms with E-state index >= 15 is 0 Å². The van der Waals surface area contributed by atoms with Crippen LogP contribution in [0.4, 0.5) is 0 Å². The number of rotatable bonds is 9. The summed E-state index contributed by atoms with van der Waals surface area (Å²) in [6.45, 7) is 8.29. The van der Waals surface area contributed by atoms with Crippen LogP contribution in [-0.2, 0) is 14.3 Å². The Morgan fingerprint density at radius 2 is 2.26 bits per heavy atom. The minimum atomic E-state index is -0.0313. The molecule has 1 aliphatic rings. The van der Waals surface area contributed by atoms with Gasteiger partial charge in [0.1, 0.15) is 0 Å². The van der Waals surface area contributed by atoms with E-state index in [2.05, 4.69) is 11.9 Å². The summed E-state index contributed by atoms with van der Waals surface area (Å²) in [7, 11) is 0. The maximum Gasteiger partial charge on any atom is 0.308 e. The van der Waals surface area contributed by atoms with Gasteiger partial charge in [-0.05, 0) is 32.6 Å². The zero-order valence-electron chi connectivity index (χ0n) is 12.0. The van der Waals surface area contributed by atoms with Crippen LogP contribution in [-0.4, -0.2) is 38.4 Å². The van der Waals surface area contributed by atoms with Gasteiger partial charge in [0.2, 0.25) is 0 Å². The third-order valence-corrected chi connectivity index (χ3v) is 3.44. The van der Waals surface area contributed by atoms with E-state index in [1.807, 2.05) is 13.0 Å². The van der Waals surface area contributed by atoms with Crippen LogP contribution in [0.15, 0.2) is 12.7 Å². The molecule has 0 radical (unpaired) electrons. The molecule has 0 bridgehead atoms. The van der Waals surface area contributed by atoms with Crippen LogP contribution in [0.1, 0.15) is 39.0 Å². The third-order valence-electron chi connectivity index (χ3n) is 3.44. The molecule has 4 nitrogen and oxygen atoms in total. The molecule has 1 fully saturated rings. The van der Waals surface area contributed by atoms with Crippen molar-refractivity contribution < 1.29 is 14.3 Å². The van der Waals surface area contributed by atoms with Crippen molar-refractivity contribution in [3.8, 4) is 0 Å². The Morgan fingerprint density at radius 1 is 1.42 bits per heavy atom. The molecule has 0 saturated heterocycles. The van der Waals surface area contributed by atoms with Gasteiger partial charge in [0, 0.05) is 12.6 Å². The monoisotopic (exact) mass is 269 g/mol. The molecule has 1 N–H and O–H groups in total. The first kappa shape index (κ1) is 16.2. The molecule has 4 heteroatoms. The average Bonchev–Trinajstić information content (AvgIpc) is 2.43. The molecule has 1 aliphatic carbocycles. The fourth-order valence-electron chi connectivity index (χ4n) is 2.45. The molecule has 0 aromatic heterocycles. The van der Waals surface area contributed by atoms with E-state index in [9.17, 15) is 4.79 Å². The zero-order valence-corrected chi connectivity index (χ0v) is 12.0. The predicted molar refractivity (Wildman–Crippen MR) is 76.0 cm³/mol. The fourth-order valence-corrected chi connectivity index (χ4v) is 2.45. The summed E-state index contributed by atoms with van der Waals surface area (Å²) in [5, 5.41) is 3.47. The van der Waals surface area contributed by atoms with Crippen LogP contribution in [0.25, 0.3) is 0 Å². The average molecular weight is 269 g/mol. The molecule has 0 spiro atoms. The van der Waals surface area contributed by atoms with Gasteiger partial charge in [-0.2, -0.15) is 0 Å². The van der Waals surface area contributed by atoms with Crippen LogP contribution in [0.5, 0.6) is 0 Å². The van der Waals surface area contributed by atoms with Gasteiger partial charge < -0.3 is 14.8 Å². The van der Waals surface area contributed by atoms with Crippen LogP contribution in [0.3, 0.4) is 0 Å². The number of esters is 1. The lowest BCUT2D eigenvalue weighted by Crippen LogP contribution is -2.38. The highest BCUT2D eigenvalue weighted by atomic mass is 16.5. The van der Waals surface area contributed by atoms with Crippen molar-refractivity contribution in [1.29, 1.82) is 0 Å². The molecule has 0 aromatic rings. The maximum absolute atomic E-state index is 11.7. The van der Waals surface area contributed by atoms with E-state index in [0.29, 0.717) is 19.3 Å². The summed E-state index contributed by atoms with van der Waals surface area (Å²) in [5.74, 6) is 0.0455. The molecule has 110 valence electrons. The smallest absolute Gasteiger partial charge is 0.308 e. The number of nitrogens with one attached hydrogen (secondary N) is 1. The highest BCUT2D eigenvalue weighted by Crippen LogP contribution is 2.25. The summed E-state index contributed by atoms with van der Waals surface area (Å²) >= 11 is 0. The first-order valence-electron chi connectivity index (χ1n) is 7.36. The van der Waals surface area contributed by atoms with Crippen LogP contribution in [0.2, 0.25) is 0 Å². The highest BCUT2D eigenvalue weighted by Gasteiger charge is 2.27. The molecule has 0 aromatic carbocycles. The van der Waals surface area contributed by atoms with E-state index < -0.39 is 0 Å². The van der Waals surface area contributed by atoms with Crippen molar-refractivity contribution in [2.75, 3.05) is 26.4 Å². The quantitative estimate of drug-likeness (QED) is 0.396. The first-order chi connectivity index (χ1) is 9.27. The number of ether oxygens (including phenoxy) is 2. The Labute approximate surface area is 116 Å². The molecule has 0 heterocycles. The van der Waals surface area contributed by atoms with Gasteiger partial charge in [-0.25, -0.2) is 0 Å². The van der Waals surface area contributed by atoms with Crippen molar-refractivity contribution in [3.63, 3.8) is 0 Å². The van der Waals surface area contributed by atoms with Crippen LogP contribution >= 0.6 is 0 Å². The standard InChI is InChI=1S/C15H27NO3/c1-3-5-10-18-11-9-16-14-8-6-7-13(12-14)15(17)19-4-2/h3,13-14,16H,1,4-12H2,2H3. The number of hydrogen-bond donors (Lipinski definition) is 1. The Kier molecular flexibility index (Phi) is 8.50. The molecular weight excluding hydrogens is 242 g/mol. The van der Waals surface area contributed by atoms with E-state index in [1.54, 1.807) is 0 Å². The molecule has 1 saturated carbocycles. The van der Waals surface area contributed by atoms with Crippen molar-refractivity contribution in [2.24, 2.45) is 5.92 Å². The van der Waals surface area contributed by atoms with E-state index in [1.165, 1.54) is 0 Å². The summed E-state index contributed by atoms with van der Waals surface area (Å²) in [5.41, 5.74) is 0. The normalized spacial score (nSPS) is 23.0. The number of carbonyl (C=O) groups excluding carboxylic acids is 1. The zero-order chi connectivity index (χ0) is 13.9. The second kappa shape index (κ2) is 9.98. The largest absolute Gasteiger partial charge is 0.466 e. The Hall–Kier alpha value is -0.870. The predicted octanol–water partition coefficient (Wildman–Crippen LogP) is 2.29. The minimum Gasteiger partial charge on any atom is -0.466 e. The van der Waals surface area contributed by atoms with Gasteiger partial charge in [0.05, 0.1) is 25.7 Å². The first-order valence-corrected chi connectivity index (χ1v) is 7.36. The van der Waals surface area contributed by atoms with Gasteiger partial charge in [0.15, 0.2) is 0 Å². The Balaban J connectivity index is 2.13. The summed E-state index contributed by atoms with van der Waals surface area (Å²) in [6.07, 6.45) is 6.85. The molecule has 2 unspecified atom stereocenters. The lowest BCUT2D eigenvalue weighted by Gasteiger charge is -2.28. The molecule has 19 heavy (non-hydrogen) atoms. The minimum absolute atomic E-state index is 0.0313. The maximum atomic E-state index is 11.7. The summed E-state index contributed by atoms with van der Waals surface area (Å²) < 4.78 is 10.6. The van der Waals surface area contributed by atoms with Gasteiger partial charge >= 0.3 is 5.97 Å². The molecule has 2 atom stereocenters. The fraction of sp³-hybridized carbons (Fsp3) is 0.800. The van der Waals surface area contributed by atoms with Gasteiger partial charge in [-0.15, -0.1) is 6.58 Å².